The lowest BCUT2D eigenvalue weighted by Gasteiger charge is -2.38. The molecule has 1 atom stereocenters. The highest BCUT2D eigenvalue weighted by molar-refractivity contribution is 6.13. The normalized spacial score (nSPS) is 16.8. The fourth-order valence-corrected chi connectivity index (χ4v) is 8.17. The fraction of sp³-hybridized carbons (Fsp3) is 0.178. The molecule has 284 valence electrons. The molecule has 6 aromatic carbocycles. The monoisotopic (exact) mass is 765 g/mol. The summed E-state index contributed by atoms with van der Waals surface area (Å²) in [6, 6.07) is 29.1. The molecule has 1 aliphatic carbocycles. The van der Waals surface area contributed by atoms with E-state index in [1.165, 1.54) is 13.2 Å². The van der Waals surface area contributed by atoms with E-state index in [1.54, 1.807) is 75.6 Å². The number of ether oxygens (including phenoxy) is 3. The van der Waals surface area contributed by atoms with Gasteiger partial charge in [0.1, 0.15) is 17.2 Å². The molecule has 1 unspecified atom stereocenters. The van der Waals surface area contributed by atoms with Crippen molar-refractivity contribution in [3.63, 3.8) is 0 Å². The molecule has 2 aliphatic rings. The van der Waals surface area contributed by atoms with E-state index >= 15 is 0 Å². The predicted octanol–water partition coefficient (Wildman–Crippen LogP) is 11.8. The van der Waals surface area contributed by atoms with E-state index in [-0.39, 0.29) is 45.3 Å². The number of fused-ring (bicyclic) bond motifs is 8. The van der Waals surface area contributed by atoms with E-state index in [1.807, 2.05) is 48.5 Å². The number of carbonyl (C=O) groups is 1. The molecule has 0 radical (unpaired) electrons. The van der Waals surface area contributed by atoms with Gasteiger partial charge >= 0.3 is 12.4 Å². The van der Waals surface area contributed by atoms with Crippen LogP contribution in [0.1, 0.15) is 63.1 Å². The van der Waals surface area contributed by atoms with Gasteiger partial charge in [-0.3, -0.25) is 4.79 Å². The van der Waals surface area contributed by atoms with Crippen LogP contribution in [-0.2, 0) is 23.4 Å². The number of rotatable bonds is 6. The second kappa shape index (κ2) is 12.9. The minimum atomic E-state index is -5.12. The Kier molecular flexibility index (Phi) is 8.48. The topological polar surface area (TPSA) is 56.8 Å². The minimum Gasteiger partial charge on any atom is -0.497 e. The summed E-state index contributed by atoms with van der Waals surface area (Å²) >= 11 is 0. The van der Waals surface area contributed by atoms with Gasteiger partial charge in [-0.2, -0.15) is 26.3 Å². The van der Waals surface area contributed by atoms with Gasteiger partial charge in [0.05, 0.1) is 31.0 Å². The molecule has 6 aromatic rings. The van der Waals surface area contributed by atoms with Gasteiger partial charge in [0.2, 0.25) is 0 Å². The van der Waals surface area contributed by atoms with E-state index in [0.29, 0.717) is 33.4 Å². The van der Waals surface area contributed by atoms with Crippen LogP contribution in [0.25, 0.3) is 28.0 Å². The SMILES string of the molecule is COc1ccc(C2(c3ccccc3)C=Cc3c4c(c5cc(NC(=O)c6ccccc6)c(OC)cc5c3O2)-c2cc(C(F)(F)F)cc(C(F)(F)F)c2C4(C)C)cc1. The van der Waals surface area contributed by atoms with Gasteiger partial charge in [-0.25, -0.2) is 0 Å². The standard InChI is InChI=1S/C45H33F6NO4/c1-42(2)38-33(21-28(44(46,47)48)22-34(38)45(49,50)51)37-31-23-35(52-41(53)25-11-7-5-8-12-25)36(55-4)24-32(31)40-30(39(37)42)19-20-43(56-40,26-13-9-6-10-14-26)27-15-17-29(54-3)18-16-27/h5-24H,1-4H3,(H,52,53). The molecule has 0 aromatic heterocycles. The summed E-state index contributed by atoms with van der Waals surface area (Å²) in [5.74, 6) is 0.563. The number of hydrogen-bond donors (Lipinski definition) is 1. The molecule has 0 saturated heterocycles. The Bertz CT molecular complexity index is 2560. The lowest BCUT2D eigenvalue weighted by Crippen LogP contribution is -2.35. The predicted molar refractivity (Wildman–Crippen MR) is 202 cm³/mol. The lowest BCUT2D eigenvalue weighted by molar-refractivity contribution is -0.143. The van der Waals surface area contributed by atoms with E-state index in [4.69, 9.17) is 14.2 Å². The van der Waals surface area contributed by atoms with Crippen LogP contribution in [0, 0.1) is 0 Å². The minimum absolute atomic E-state index is 0.154. The van der Waals surface area contributed by atoms with Crippen molar-refractivity contribution in [3.05, 3.63) is 160 Å². The van der Waals surface area contributed by atoms with Crippen LogP contribution >= 0.6 is 0 Å². The van der Waals surface area contributed by atoms with Crippen molar-refractivity contribution in [2.75, 3.05) is 19.5 Å². The molecule has 1 amide bonds. The molecule has 56 heavy (non-hydrogen) atoms. The van der Waals surface area contributed by atoms with Gasteiger partial charge in [0, 0.05) is 33.1 Å². The van der Waals surface area contributed by atoms with Gasteiger partial charge in [0.25, 0.3) is 5.91 Å². The number of amides is 1. The number of alkyl halides is 6. The summed E-state index contributed by atoms with van der Waals surface area (Å²) in [7, 11) is 2.95. The molecule has 0 saturated carbocycles. The summed E-state index contributed by atoms with van der Waals surface area (Å²) in [6.07, 6.45) is -6.62. The number of halogens is 6. The highest BCUT2D eigenvalue weighted by atomic mass is 19.4. The summed E-state index contributed by atoms with van der Waals surface area (Å²) in [6.45, 7) is 3.15. The quantitative estimate of drug-likeness (QED) is 0.172. The average Bonchev–Trinajstić information content (AvgIpc) is 3.43. The summed E-state index contributed by atoms with van der Waals surface area (Å²) in [5.41, 5.74) is -3.25. The number of methoxy groups -OCH3 is 2. The first-order valence-corrected chi connectivity index (χ1v) is 17.6. The molecule has 0 fully saturated rings. The molecule has 8 rings (SSSR count). The van der Waals surface area contributed by atoms with Crippen LogP contribution in [-0.4, -0.2) is 20.1 Å². The first kappa shape index (κ1) is 36.7. The van der Waals surface area contributed by atoms with Crippen LogP contribution in [0.5, 0.6) is 17.2 Å². The van der Waals surface area contributed by atoms with Crippen molar-refractivity contribution < 1.29 is 45.3 Å². The van der Waals surface area contributed by atoms with Crippen molar-refractivity contribution in [2.24, 2.45) is 0 Å². The lowest BCUT2D eigenvalue weighted by atomic mass is 9.75. The molecule has 0 spiro atoms. The summed E-state index contributed by atoms with van der Waals surface area (Å²) in [5, 5.41) is 3.45. The Morgan fingerprint density at radius 2 is 1.36 bits per heavy atom. The average molecular weight is 766 g/mol. The zero-order valence-electron chi connectivity index (χ0n) is 30.4. The van der Waals surface area contributed by atoms with Crippen molar-refractivity contribution in [1.29, 1.82) is 0 Å². The fourth-order valence-electron chi connectivity index (χ4n) is 8.17. The van der Waals surface area contributed by atoms with E-state index < -0.39 is 40.4 Å². The third-order valence-electron chi connectivity index (χ3n) is 10.7. The Hall–Kier alpha value is -6.23. The van der Waals surface area contributed by atoms with Gasteiger partial charge < -0.3 is 19.5 Å². The van der Waals surface area contributed by atoms with E-state index in [0.717, 1.165) is 11.6 Å². The highest BCUT2D eigenvalue weighted by Gasteiger charge is 2.50. The Balaban J connectivity index is 1.48. The number of nitrogens with one attached hydrogen (secondary N) is 1. The second-order valence-electron chi connectivity index (χ2n) is 14.2. The Morgan fingerprint density at radius 3 is 1.96 bits per heavy atom. The zero-order chi connectivity index (χ0) is 39.8. The number of hydrogen-bond acceptors (Lipinski definition) is 4. The maximum Gasteiger partial charge on any atom is 0.416 e. The van der Waals surface area contributed by atoms with Gasteiger partial charge in [-0.1, -0.05) is 80.6 Å². The number of carbonyl (C=O) groups excluding carboxylic acids is 1. The molecule has 11 heteroatoms. The first-order chi connectivity index (χ1) is 26.6. The van der Waals surface area contributed by atoms with Crippen LogP contribution < -0.4 is 19.5 Å². The molecule has 1 N–H and O–H groups in total. The van der Waals surface area contributed by atoms with Crippen LogP contribution in [0.4, 0.5) is 32.0 Å². The summed E-state index contributed by atoms with van der Waals surface area (Å²) in [4.78, 5) is 13.5. The van der Waals surface area contributed by atoms with Crippen LogP contribution in [0.2, 0.25) is 0 Å². The van der Waals surface area contributed by atoms with E-state index in [2.05, 4.69) is 5.32 Å². The molecule has 5 nitrogen and oxygen atoms in total. The smallest absolute Gasteiger partial charge is 0.416 e. The highest BCUT2D eigenvalue weighted by Crippen LogP contribution is 2.61. The van der Waals surface area contributed by atoms with E-state index in [9.17, 15) is 31.1 Å². The van der Waals surface area contributed by atoms with Crippen molar-refractivity contribution in [3.8, 4) is 28.4 Å². The van der Waals surface area contributed by atoms with Crippen molar-refractivity contribution >= 4 is 28.4 Å². The van der Waals surface area contributed by atoms with Crippen LogP contribution in [0.3, 0.4) is 0 Å². The van der Waals surface area contributed by atoms with Gasteiger partial charge in [-0.15, -0.1) is 0 Å². The molecular weight excluding hydrogens is 732 g/mol. The summed E-state index contributed by atoms with van der Waals surface area (Å²) < 4.78 is 107. The second-order valence-corrected chi connectivity index (χ2v) is 14.2. The zero-order valence-corrected chi connectivity index (χ0v) is 30.4. The van der Waals surface area contributed by atoms with Gasteiger partial charge in [0.15, 0.2) is 5.60 Å². The number of benzene rings is 6. The van der Waals surface area contributed by atoms with Gasteiger partial charge in [-0.05, 0) is 82.2 Å². The first-order valence-electron chi connectivity index (χ1n) is 17.6. The Morgan fingerprint density at radius 1 is 0.714 bits per heavy atom. The van der Waals surface area contributed by atoms with Crippen molar-refractivity contribution in [1.82, 2.24) is 0 Å². The molecule has 1 heterocycles. The van der Waals surface area contributed by atoms with Crippen LogP contribution in [0.15, 0.2) is 115 Å². The largest absolute Gasteiger partial charge is 0.497 e. The molecular formula is C45H33F6NO4. The third kappa shape index (κ3) is 5.75. The van der Waals surface area contributed by atoms with Crippen molar-refractivity contribution in [2.45, 2.75) is 37.2 Å². The third-order valence-corrected chi connectivity index (χ3v) is 10.7. The number of anilines is 1. The molecule has 0 bridgehead atoms. The maximum atomic E-state index is 15.0. The Labute approximate surface area is 318 Å². The molecule has 1 aliphatic heterocycles. The maximum absolute atomic E-state index is 15.0.